The van der Waals surface area contributed by atoms with Crippen LogP contribution in [-0.4, -0.2) is 10.8 Å². The van der Waals surface area contributed by atoms with Gasteiger partial charge in [0.05, 0.1) is 0 Å². The average Bonchev–Trinajstić information content (AvgIpc) is 2.42. The standard InChI is InChI=1S/C16H17NO/c1-2-15(14-8-4-3-5-9-14)16(18)11-13-7-6-10-17-12-13/h3-10,12,15H,2,11H2,1H3. The molecule has 0 aliphatic rings. The van der Waals surface area contributed by atoms with Crippen LogP contribution in [-0.2, 0) is 11.2 Å². The number of rotatable bonds is 5. The highest BCUT2D eigenvalue weighted by Crippen LogP contribution is 2.21. The zero-order valence-electron chi connectivity index (χ0n) is 10.5. The Hall–Kier alpha value is -1.96. The van der Waals surface area contributed by atoms with Crippen molar-refractivity contribution in [2.24, 2.45) is 0 Å². The minimum absolute atomic E-state index is 0.00796. The van der Waals surface area contributed by atoms with Gasteiger partial charge in [0.1, 0.15) is 5.78 Å². The molecule has 1 aromatic carbocycles. The molecule has 2 rings (SSSR count). The second-order valence-corrected chi connectivity index (χ2v) is 4.38. The fourth-order valence-electron chi connectivity index (χ4n) is 2.16. The molecule has 0 fully saturated rings. The van der Waals surface area contributed by atoms with Crippen LogP contribution in [0, 0.1) is 0 Å². The van der Waals surface area contributed by atoms with Gasteiger partial charge in [0.15, 0.2) is 0 Å². The molecule has 18 heavy (non-hydrogen) atoms. The summed E-state index contributed by atoms with van der Waals surface area (Å²) in [5.74, 6) is 0.253. The van der Waals surface area contributed by atoms with E-state index in [-0.39, 0.29) is 11.7 Å². The van der Waals surface area contributed by atoms with Crippen LogP contribution >= 0.6 is 0 Å². The van der Waals surface area contributed by atoms with Crippen LogP contribution in [0.3, 0.4) is 0 Å². The third-order valence-electron chi connectivity index (χ3n) is 3.10. The Kier molecular flexibility index (Phi) is 4.24. The fourth-order valence-corrected chi connectivity index (χ4v) is 2.16. The monoisotopic (exact) mass is 239 g/mol. The van der Waals surface area contributed by atoms with Gasteiger partial charge in [-0.15, -0.1) is 0 Å². The maximum absolute atomic E-state index is 12.3. The van der Waals surface area contributed by atoms with E-state index in [1.807, 2.05) is 42.5 Å². The first kappa shape index (κ1) is 12.5. The SMILES string of the molecule is CCC(C(=O)Cc1cccnc1)c1ccccc1. The van der Waals surface area contributed by atoms with Crippen LogP contribution in [0.1, 0.15) is 30.4 Å². The number of benzene rings is 1. The molecule has 0 saturated carbocycles. The first-order valence-corrected chi connectivity index (χ1v) is 6.28. The lowest BCUT2D eigenvalue weighted by atomic mass is 9.89. The van der Waals surface area contributed by atoms with Gasteiger partial charge >= 0.3 is 0 Å². The quantitative estimate of drug-likeness (QED) is 0.800. The highest BCUT2D eigenvalue weighted by atomic mass is 16.1. The van der Waals surface area contributed by atoms with Gasteiger partial charge in [-0.2, -0.15) is 0 Å². The zero-order valence-corrected chi connectivity index (χ0v) is 10.5. The van der Waals surface area contributed by atoms with E-state index in [1.165, 1.54) is 0 Å². The Balaban J connectivity index is 2.12. The van der Waals surface area contributed by atoms with Crippen LogP contribution in [0.5, 0.6) is 0 Å². The first-order valence-electron chi connectivity index (χ1n) is 6.28. The van der Waals surface area contributed by atoms with Crippen molar-refractivity contribution in [2.75, 3.05) is 0 Å². The highest BCUT2D eigenvalue weighted by molar-refractivity contribution is 5.87. The molecule has 92 valence electrons. The highest BCUT2D eigenvalue weighted by Gasteiger charge is 2.18. The van der Waals surface area contributed by atoms with Gasteiger partial charge in [0.2, 0.25) is 0 Å². The maximum Gasteiger partial charge on any atom is 0.144 e. The van der Waals surface area contributed by atoms with Crippen LogP contribution in [0.2, 0.25) is 0 Å². The van der Waals surface area contributed by atoms with Crippen molar-refractivity contribution in [3.05, 3.63) is 66.0 Å². The van der Waals surface area contributed by atoms with Crippen molar-refractivity contribution in [2.45, 2.75) is 25.7 Å². The van der Waals surface area contributed by atoms with Gasteiger partial charge in [-0.1, -0.05) is 43.3 Å². The van der Waals surface area contributed by atoms with Crippen molar-refractivity contribution in [3.63, 3.8) is 0 Å². The topological polar surface area (TPSA) is 30.0 Å². The van der Waals surface area contributed by atoms with E-state index in [2.05, 4.69) is 11.9 Å². The van der Waals surface area contributed by atoms with Gasteiger partial charge < -0.3 is 0 Å². The average molecular weight is 239 g/mol. The number of aromatic nitrogens is 1. The summed E-state index contributed by atoms with van der Waals surface area (Å²) >= 11 is 0. The van der Waals surface area contributed by atoms with Crippen LogP contribution in [0.25, 0.3) is 0 Å². The van der Waals surface area contributed by atoms with Crippen molar-refractivity contribution < 1.29 is 4.79 Å². The van der Waals surface area contributed by atoms with Crippen LogP contribution < -0.4 is 0 Å². The molecular formula is C16H17NO. The Morgan fingerprint density at radius 2 is 1.94 bits per heavy atom. The van der Waals surface area contributed by atoms with E-state index in [9.17, 15) is 4.79 Å². The lowest BCUT2D eigenvalue weighted by Gasteiger charge is -2.14. The molecule has 1 unspecified atom stereocenters. The molecule has 0 aliphatic carbocycles. The predicted octanol–water partition coefficient (Wildman–Crippen LogP) is 3.39. The van der Waals surface area contributed by atoms with Crippen molar-refractivity contribution in [1.29, 1.82) is 0 Å². The number of pyridine rings is 1. The lowest BCUT2D eigenvalue weighted by Crippen LogP contribution is -2.14. The molecule has 0 aliphatic heterocycles. The summed E-state index contributed by atoms with van der Waals surface area (Å²) in [6, 6.07) is 13.8. The molecule has 2 heteroatoms. The number of hydrogen-bond acceptors (Lipinski definition) is 2. The molecule has 2 aromatic rings. The zero-order chi connectivity index (χ0) is 12.8. The maximum atomic E-state index is 12.3. The first-order chi connectivity index (χ1) is 8.81. The molecule has 0 bridgehead atoms. The van der Waals surface area contributed by atoms with Crippen LogP contribution in [0.4, 0.5) is 0 Å². The van der Waals surface area contributed by atoms with Gasteiger partial charge in [-0.3, -0.25) is 9.78 Å². The number of hydrogen-bond donors (Lipinski definition) is 0. The molecule has 1 heterocycles. The molecule has 1 atom stereocenters. The normalized spacial score (nSPS) is 12.1. The number of ketones is 1. The summed E-state index contributed by atoms with van der Waals surface area (Å²) in [5.41, 5.74) is 2.09. The van der Waals surface area contributed by atoms with E-state index in [4.69, 9.17) is 0 Å². The Morgan fingerprint density at radius 3 is 2.56 bits per heavy atom. The summed E-state index contributed by atoms with van der Waals surface area (Å²) in [7, 11) is 0. The number of carbonyl (C=O) groups excluding carboxylic acids is 1. The summed E-state index contributed by atoms with van der Waals surface area (Å²) in [6.45, 7) is 2.05. The second-order valence-electron chi connectivity index (χ2n) is 4.38. The van der Waals surface area contributed by atoms with Crippen molar-refractivity contribution >= 4 is 5.78 Å². The van der Waals surface area contributed by atoms with E-state index in [1.54, 1.807) is 12.4 Å². The van der Waals surface area contributed by atoms with Gasteiger partial charge in [-0.25, -0.2) is 0 Å². The number of carbonyl (C=O) groups is 1. The van der Waals surface area contributed by atoms with Crippen molar-refractivity contribution in [3.8, 4) is 0 Å². The van der Waals surface area contributed by atoms with Gasteiger partial charge in [0, 0.05) is 24.7 Å². The van der Waals surface area contributed by atoms with E-state index >= 15 is 0 Å². The largest absolute Gasteiger partial charge is 0.299 e. The summed E-state index contributed by atoms with van der Waals surface area (Å²) < 4.78 is 0. The van der Waals surface area contributed by atoms with E-state index in [0.717, 1.165) is 17.5 Å². The van der Waals surface area contributed by atoms with Crippen LogP contribution in [0.15, 0.2) is 54.9 Å². The van der Waals surface area contributed by atoms with E-state index in [0.29, 0.717) is 6.42 Å². The summed E-state index contributed by atoms with van der Waals surface area (Å²) in [6.07, 6.45) is 4.78. The predicted molar refractivity (Wildman–Crippen MR) is 72.4 cm³/mol. The summed E-state index contributed by atoms with van der Waals surface area (Å²) in [5, 5.41) is 0. The molecule has 0 amide bonds. The minimum Gasteiger partial charge on any atom is -0.299 e. The molecule has 0 N–H and O–H groups in total. The smallest absolute Gasteiger partial charge is 0.144 e. The van der Waals surface area contributed by atoms with E-state index < -0.39 is 0 Å². The Labute approximate surface area is 108 Å². The van der Waals surface area contributed by atoms with Gasteiger partial charge in [0.25, 0.3) is 0 Å². The molecule has 0 radical (unpaired) electrons. The fraction of sp³-hybridized carbons (Fsp3) is 0.250. The van der Waals surface area contributed by atoms with Crippen molar-refractivity contribution in [1.82, 2.24) is 4.98 Å². The lowest BCUT2D eigenvalue weighted by molar-refractivity contribution is -0.119. The minimum atomic E-state index is -0.00796. The van der Waals surface area contributed by atoms with Gasteiger partial charge in [-0.05, 0) is 23.6 Å². The second kappa shape index (κ2) is 6.10. The molecule has 2 nitrogen and oxygen atoms in total. The molecule has 0 saturated heterocycles. The molecule has 1 aromatic heterocycles. The molecular weight excluding hydrogens is 222 g/mol. The third-order valence-corrected chi connectivity index (χ3v) is 3.10. The summed E-state index contributed by atoms with van der Waals surface area (Å²) in [4.78, 5) is 16.4. The number of nitrogens with zero attached hydrogens (tertiary/aromatic N) is 1. The molecule has 0 spiro atoms. The Morgan fingerprint density at radius 1 is 1.17 bits per heavy atom. The Bertz CT molecular complexity index is 493. The third kappa shape index (κ3) is 3.04. The number of Topliss-reactive ketones (excluding diaryl/α,β-unsaturated/α-hetero) is 1.